The molecule has 1 aromatic heterocycles. The Morgan fingerprint density at radius 2 is 1.85 bits per heavy atom. The van der Waals surface area contributed by atoms with Gasteiger partial charge in [-0.1, -0.05) is 48.2 Å². The lowest BCUT2D eigenvalue weighted by molar-refractivity contribution is -0.113. The number of amides is 1. The van der Waals surface area contributed by atoms with E-state index in [9.17, 15) is 4.79 Å². The van der Waals surface area contributed by atoms with E-state index in [1.807, 2.05) is 72.2 Å². The molecule has 0 saturated carbocycles. The summed E-state index contributed by atoms with van der Waals surface area (Å²) in [6, 6.07) is 19.7. The largest absolute Gasteiger partial charge is 0.490 e. The van der Waals surface area contributed by atoms with Crippen LogP contribution >= 0.6 is 11.8 Å². The number of hydrogen-bond acceptors (Lipinski definition) is 6. The molecule has 0 spiro atoms. The molecule has 0 saturated heterocycles. The molecule has 1 aliphatic rings. The molecule has 5 rings (SSSR count). The zero-order valence-electron chi connectivity index (χ0n) is 18.3. The van der Waals surface area contributed by atoms with Gasteiger partial charge < -0.3 is 19.4 Å². The Kier molecular flexibility index (Phi) is 6.17. The standard InChI is InChI=1S/C25H24N4O3S/c1-2-29-24(18-11-12-21-22(15-18)32-14-6-13-31-21)27-28-25(29)33-16-23(30)26-20-10-5-8-17-7-3-4-9-19(17)20/h3-5,7-12,15H,2,6,13-14,16H2,1H3,(H,26,30). The maximum absolute atomic E-state index is 12.7. The Bertz CT molecular complexity index is 1300. The van der Waals surface area contributed by atoms with Gasteiger partial charge in [-0.25, -0.2) is 0 Å². The van der Waals surface area contributed by atoms with Crippen molar-refractivity contribution in [3.05, 3.63) is 60.7 Å². The third-order valence-electron chi connectivity index (χ3n) is 5.43. The minimum Gasteiger partial charge on any atom is -0.490 e. The number of nitrogens with one attached hydrogen (secondary N) is 1. The van der Waals surface area contributed by atoms with E-state index in [0.29, 0.717) is 24.9 Å². The molecule has 1 amide bonds. The van der Waals surface area contributed by atoms with Crippen molar-refractivity contribution < 1.29 is 14.3 Å². The number of fused-ring (bicyclic) bond motifs is 2. The molecule has 168 valence electrons. The van der Waals surface area contributed by atoms with E-state index in [4.69, 9.17) is 9.47 Å². The first kappa shape index (κ1) is 21.3. The molecular formula is C25H24N4O3S. The van der Waals surface area contributed by atoms with Gasteiger partial charge in [0.2, 0.25) is 5.91 Å². The van der Waals surface area contributed by atoms with Gasteiger partial charge in [-0.2, -0.15) is 0 Å². The van der Waals surface area contributed by atoms with E-state index in [1.165, 1.54) is 11.8 Å². The van der Waals surface area contributed by atoms with Crippen LogP contribution < -0.4 is 14.8 Å². The van der Waals surface area contributed by atoms with Gasteiger partial charge in [-0.05, 0) is 36.6 Å². The highest BCUT2D eigenvalue weighted by Crippen LogP contribution is 2.34. The normalized spacial score (nSPS) is 13.0. The van der Waals surface area contributed by atoms with Gasteiger partial charge in [0, 0.05) is 29.6 Å². The lowest BCUT2D eigenvalue weighted by Crippen LogP contribution is -2.15. The second kappa shape index (κ2) is 9.54. The first-order valence-electron chi connectivity index (χ1n) is 11.0. The fourth-order valence-corrected chi connectivity index (χ4v) is 4.65. The van der Waals surface area contributed by atoms with Crippen LogP contribution in [0.5, 0.6) is 11.5 Å². The number of nitrogens with zero attached hydrogens (tertiary/aromatic N) is 3. The van der Waals surface area contributed by atoms with Crippen LogP contribution in [0, 0.1) is 0 Å². The summed E-state index contributed by atoms with van der Waals surface area (Å²) in [4.78, 5) is 12.7. The van der Waals surface area contributed by atoms with Gasteiger partial charge in [-0.15, -0.1) is 10.2 Å². The molecule has 33 heavy (non-hydrogen) atoms. The van der Waals surface area contributed by atoms with Gasteiger partial charge in [-0.3, -0.25) is 4.79 Å². The summed E-state index contributed by atoms with van der Waals surface area (Å²) >= 11 is 1.37. The molecule has 4 aromatic rings. The van der Waals surface area contributed by atoms with Crippen molar-refractivity contribution in [3.8, 4) is 22.9 Å². The van der Waals surface area contributed by atoms with Crippen LogP contribution in [-0.4, -0.2) is 39.6 Å². The molecule has 0 atom stereocenters. The molecule has 0 unspecified atom stereocenters. The van der Waals surface area contributed by atoms with Crippen LogP contribution in [0.2, 0.25) is 0 Å². The molecule has 1 aliphatic heterocycles. The third-order valence-corrected chi connectivity index (χ3v) is 6.40. The number of rotatable bonds is 6. The minimum absolute atomic E-state index is 0.0841. The number of hydrogen-bond donors (Lipinski definition) is 1. The van der Waals surface area contributed by atoms with E-state index in [1.54, 1.807) is 0 Å². The van der Waals surface area contributed by atoms with Crippen LogP contribution in [-0.2, 0) is 11.3 Å². The second-order valence-corrected chi connectivity index (χ2v) is 8.57. The number of carbonyl (C=O) groups is 1. The van der Waals surface area contributed by atoms with Gasteiger partial charge in [0.25, 0.3) is 0 Å². The number of ether oxygens (including phenoxy) is 2. The number of carbonyl (C=O) groups excluding carboxylic acids is 1. The number of anilines is 1. The maximum Gasteiger partial charge on any atom is 0.234 e. The van der Waals surface area contributed by atoms with Crippen LogP contribution in [0.15, 0.2) is 65.8 Å². The van der Waals surface area contributed by atoms with Crippen molar-refractivity contribution in [2.24, 2.45) is 0 Å². The summed E-state index contributed by atoms with van der Waals surface area (Å²) in [5, 5.41) is 14.6. The van der Waals surface area contributed by atoms with Crippen molar-refractivity contribution in [2.75, 3.05) is 24.3 Å². The van der Waals surface area contributed by atoms with E-state index in [2.05, 4.69) is 15.5 Å². The topological polar surface area (TPSA) is 78.3 Å². The van der Waals surface area contributed by atoms with Gasteiger partial charge in [0.05, 0.1) is 19.0 Å². The number of aromatic nitrogens is 3. The molecule has 0 radical (unpaired) electrons. The summed E-state index contributed by atoms with van der Waals surface area (Å²) in [6.07, 6.45) is 0.858. The van der Waals surface area contributed by atoms with E-state index < -0.39 is 0 Å². The predicted molar refractivity (Wildman–Crippen MR) is 130 cm³/mol. The molecule has 8 heteroatoms. The van der Waals surface area contributed by atoms with Crippen molar-refractivity contribution in [1.29, 1.82) is 0 Å². The van der Waals surface area contributed by atoms with Gasteiger partial charge in [0.15, 0.2) is 22.5 Å². The molecule has 1 N–H and O–H groups in total. The highest BCUT2D eigenvalue weighted by Gasteiger charge is 2.18. The second-order valence-electron chi connectivity index (χ2n) is 7.63. The minimum atomic E-state index is -0.0841. The monoisotopic (exact) mass is 460 g/mol. The van der Waals surface area contributed by atoms with Crippen LogP contribution in [0.1, 0.15) is 13.3 Å². The van der Waals surface area contributed by atoms with Gasteiger partial charge >= 0.3 is 0 Å². The molecule has 3 aromatic carbocycles. The average Bonchev–Trinajstić information content (AvgIpc) is 3.11. The lowest BCUT2D eigenvalue weighted by Gasteiger charge is -2.11. The molecular weight excluding hydrogens is 436 g/mol. The lowest BCUT2D eigenvalue weighted by atomic mass is 10.1. The summed E-state index contributed by atoms with van der Waals surface area (Å²) in [5.74, 6) is 2.37. The predicted octanol–water partition coefficient (Wildman–Crippen LogP) is 5.01. The Balaban J connectivity index is 1.31. The first-order valence-corrected chi connectivity index (χ1v) is 11.9. The highest BCUT2D eigenvalue weighted by atomic mass is 32.2. The molecule has 2 heterocycles. The Morgan fingerprint density at radius 1 is 1.03 bits per heavy atom. The van der Waals surface area contributed by atoms with Crippen molar-refractivity contribution >= 4 is 34.1 Å². The molecule has 7 nitrogen and oxygen atoms in total. The zero-order valence-corrected chi connectivity index (χ0v) is 19.1. The summed E-state index contributed by atoms with van der Waals surface area (Å²) in [6.45, 7) is 4.00. The van der Waals surface area contributed by atoms with Crippen LogP contribution in [0.4, 0.5) is 5.69 Å². The van der Waals surface area contributed by atoms with E-state index in [-0.39, 0.29) is 11.7 Å². The van der Waals surface area contributed by atoms with Crippen LogP contribution in [0.25, 0.3) is 22.2 Å². The summed E-state index contributed by atoms with van der Waals surface area (Å²) < 4.78 is 13.6. The Labute approximate surface area is 196 Å². The fraction of sp³-hybridized carbons (Fsp3) is 0.240. The Hall–Kier alpha value is -3.52. The van der Waals surface area contributed by atoms with E-state index in [0.717, 1.165) is 45.8 Å². The zero-order chi connectivity index (χ0) is 22.6. The fourth-order valence-electron chi connectivity index (χ4n) is 3.85. The smallest absolute Gasteiger partial charge is 0.234 e. The molecule has 0 aliphatic carbocycles. The summed E-state index contributed by atoms with van der Waals surface area (Å²) in [5.41, 5.74) is 1.71. The first-order chi connectivity index (χ1) is 16.2. The van der Waals surface area contributed by atoms with Crippen molar-refractivity contribution in [3.63, 3.8) is 0 Å². The third kappa shape index (κ3) is 4.52. The van der Waals surface area contributed by atoms with Gasteiger partial charge in [0.1, 0.15) is 0 Å². The quantitative estimate of drug-likeness (QED) is 0.408. The van der Waals surface area contributed by atoms with E-state index >= 15 is 0 Å². The highest BCUT2D eigenvalue weighted by molar-refractivity contribution is 7.99. The Morgan fingerprint density at radius 3 is 2.73 bits per heavy atom. The van der Waals surface area contributed by atoms with Crippen molar-refractivity contribution in [1.82, 2.24) is 14.8 Å². The number of thioether (sulfide) groups is 1. The summed E-state index contributed by atoms with van der Waals surface area (Å²) in [7, 11) is 0. The van der Waals surface area contributed by atoms with Crippen LogP contribution in [0.3, 0.4) is 0 Å². The number of benzene rings is 3. The SMILES string of the molecule is CCn1c(SCC(=O)Nc2cccc3ccccc23)nnc1-c1ccc2c(c1)OCCCO2. The molecule has 0 fully saturated rings. The average molecular weight is 461 g/mol. The van der Waals surface area contributed by atoms with Crippen molar-refractivity contribution in [2.45, 2.75) is 25.0 Å². The maximum atomic E-state index is 12.7. The molecule has 0 bridgehead atoms.